The number of carbonyl (C=O) groups is 1. The Morgan fingerprint density at radius 2 is 1.67 bits per heavy atom. The molecule has 4 rings (SSSR count). The lowest BCUT2D eigenvalue weighted by Crippen LogP contribution is -2.42. The Morgan fingerprint density at radius 1 is 0.970 bits per heavy atom. The minimum Gasteiger partial charge on any atom is -0.493 e. The number of benzene rings is 3. The molecule has 1 unspecified atom stereocenters. The van der Waals surface area contributed by atoms with Gasteiger partial charge in [-0.2, -0.15) is 0 Å². The molecule has 1 aliphatic rings. The van der Waals surface area contributed by atoms with Crippen LogP contribution in [0.3, 0.4) is 0 Å². The summed E-state index contributed by atoms with van der Waals surface area (Å²) < 4.78 is 30.3. The highest BCUT2D eigenvalue weighted by Gasteiger charge is 2.33. The minimum atomic E-state index is -0.340. The third-order valence-corrected chi connectivity index (χ3v) is 6.24. The summed E-state index contributed by atoms with van der Waals surface area (Å²) in [6.45, 7) is 4.81. The molecule has 0 fully saturated rings. The second-order valence-electron chi connectivity index (χ2n) is 8.23. The van der Waals surface area contributed by atoms with Crippen molar-refractivity contribution < 1.29 is 23.4 Å². The summed E-state index contributed by atoms with van der Waals surface area (Å²) in [6, 6.07) is 15.2. The molecule has 0 spiro atoms. The van der Waals surface area contributed by atoms with Gasteiger partial charge in [-0.15, -0.1) is 0 Å². The van der Waals surface area contributed by atoms with E-state index in [-0.39, 0.29) is 24.4 Å². The van der Waals surface area contributed by atoms with Crippen molar-refractivity contribution in [3.8, 4) is 17.2 Å². The van der Waals surface area contributed by atoms with Gasteiger partial charge in [-0.25, -0.2) is 4.39 Å². The van der Waals surface area contributed by atoms with E-state index in [2.05, 4.69) is 0 Å². The fourth-order valence-electron chi connectivity index (χ4n) is 4.20. The van der Waals surface area contributed by atoms with Crippen molar-refractivity contribution in [1.82, 2.24) is 4.90 Å². The molecule has 0 saturated heterocycles. The maximum atomic E-state index is 13.6. The van der Waals surface area contributed by atoms with Crippen molar-refractivity contribution in [2.75, 3.05) is 27.4 Å². The summed E-state index contributed by atoms with van der Waals surface area (Å²) in [6.07, 6.45) is 0.694. The number of hydrogen-bond acceptors (Lipinski definition) is 4. The van der Waals surface area contributed by atoms with Gasteiger partial charge in [0.1, 0.15) is 18.2 Å². The van der Waals surface area contributed by atoms with E-state index in [0.29, 0.717) is 35.8 Å². The van der Waals surface area contributed by atoms with Gasteiger partial charge in [0.25, 0.3) is 5.91 Å². The number of fused-ring (bicyclic) bond motifs is 1. The van der Waals surface area contributed by atoms with E-state index in [4.69, 9.17) is 14.2 Å². The van der Waals surface area contributed by atoms with Crippen molar-refractivity contribution in [2.24, 2.45) is 0 Å². The first kappa shape index (κ1) is 22.6. The van der Waals surface area contributed by atoms with Gasteiger partial charge in [0.15, 0.2) is 11.5 Å². The van der Waals surface area contributed by atoms with E-state index in [1.54, 1.807) is 26.4 Å². The maximum absolute atomic E-state index is 13.6. The molecule has 0 aromatic heterocycles. The third-order valence-electron chi connectivity index (χ3n) is 6.24. The molecule has 0 N–H and O–H groups in total. The fraction of sp³-hybridized carbons (Fsp3) is 0.296. The standard InChI is InChI=1S/C27H28FNO4/c1-17-5-6-20(13-18(17)2)27(30)29-12-11-19-14-25(31-3)26(32-4)15-23(19)24(29)16-33-22-9-7-21(28)8-10-22/h5-10,13-15,24H,11-12,16H2,1-4H3. The molecule has 1 atom stereocenters. The zero-order chi connectivity index (χ0) is 23.5. The predicted molar refractivity (Wildman–Crippen MR) is 125 cm³/mol. The third kappa shape index (κ3) is 4.65. The number of aryl methyl sites for hydroxylation is 2. The molecule has 0 radical (unpaired) electrons. The molecule has 3 aromatic rings. The van der Waals surface area contributed by atoms with E-state index in [1.807, 2.05) is 49.1 Å². The summed E-state index contributed by atoms with van der Waals surface area (Å²) in [7, 11) is 3.20. The monoisotopic (exact) mass is 449 g/mol. The first-order chi connectivity index (χ1) is 15.9. The molecule has 3 aromatic carbocycles. The second kappa shape index (κ2) is 9.53. The molecule has 5 nitrogen and oxygen atoms in total. The average Bonchev–Trinajstić information content (AvgIpc) is 2.83. The number of hydrogen-bond donors (Lipinski definition) is 0. The van der Waals surface area contributed by atoms with E-state index >= 15 is 0 Å². The van der Waals surface area contributed by atoms with Crippen LogP contribution in [0.4, 0.5) is 4.39 Å². The van der Waals surface area contributed by atoms with Crippen LogP contribution in [-0.2, 0) is 6.42 Å². The summed E-state index contributed by atoms with van der Waals surface area (Å²) in [5, 5.41) is 0. The Morgan fingerprint density at radius 3 is 2.33 bits per heavy atom. The van der Waals surface area contributed by atoms with Gasteiger partial charge >= 0.3 is 0 Å². The summed E-state index contributed by atoms with van der Waals surface area (Å²) in [5.41, 5.74) is 4.91. The quantitative estimate of drug-likeness (QED) is 0.514. The molecule has 1 aliphatic heterocycles. The van der Waals surface area contributed by atoms with Gasteiger partial charge in [0, 0.05) is 12.1 Å². The van der Waals surface area contributed by atoms with Crippen LogP contribution in [-0.4, -0.2) is 38.2 Å². The molecule has 1 amide bonds. The number of carbonyl (C=O) groups excluding carboxylic acids is 1. The zero-order valence-corrected chi connectivity index (χ0v) is 19.4. The molecule has 6 heteroatoms. The predicted octanol–water partition coefficient (Wildman–Crippen LogP) is 5.28. The van der Waals surface area contributed by atoms with Crippen LogP contribution in [0.15, 0.2) is 54.6 Å². The van der Waals surface area contributed by atoms with E-state index in [9.17, 15) is 9.18 Å². The molecule has 172 valence electrons. The first-order valence-corrected chi connectivity index (χ1v) is 10.9. The highest BCUT2D eigenvalue weighted by molar-refractivity contribution is 5.95. The van der Waals surface area contributed by atoms with Crippen LogP contribution in [0, 0.1) is 19.7 Å². The largest absolute Gasteiger partial charge is 0.493 e. The number of methoxy groups -OCH3 is 2. The minimum absolute atomic E-state index is 0.0498. The highest BCUT2D eigenvalue weighted by atomic mass is 19.1. The Balaban J connectivity index is 1.71. The van der Waals surface area contributed by atoms with Crippen molar-refractivity contribution in [3.05, 3.63) is 88.2 Å². The molecule has 1 heterocycles. The second-order valence-corrected chi connectivity index (χ2v) is 8.23. The number of nitrogens with zero attached hydrogens (tertiary/aromatic N) is 1. The zero-order valence-electron chi connectivity index (χ0n) is 19.4. The normalized spacial score (nSPS) is 15.1. The molecule has 0 bridgehead atoms. The summed E-state index contributed by atoms with van der Waals surface area (Å²) in [5.74, 6) is 1.43. The van der Waals surface area contributed by atoms with Crippen LogP contribution in [0.1, 0.15) is 38.7 Å². The molecular formula is C27H28FNO4. The van der Waals surface area contributed by atoms with Crippen LogP contribution in [0.5, 0.6) is 17.2 Å². The summed E-state index contributed by atoms with van der Waals surface area (Å²) >= 11 is 0. The van der Waals surface area contributed by atoms with Gasteiger partial charge in [-0.3, -0.25) is 4.79 Å². The van der Waals surface area contributed by atoms with Gasteiger partial charge in [-0.05, 0) is 91.1 Å². The molecular weight excluding hydrogens is 421 g/mol. The topological polar surface area (TPSA) is 48.0 Å². The number of ether oxygens (including phenoxy) is 3. The van der Waals surface area contributed by atoms with E-state index in [1.165, 1.54) is 12.1 Å². The number of halogens is 1. The molecule has 0 aliphatic carbocycles. The van der Waals surface area contributed by atoms with Crippen molar-refractivity contribution in [3.63, 3.8) is 0 Å². The van der Waals surface area contributed by atoms with Crippen LogP contribution in [0.25, 0.3) is 0 Å². The van der Waals surface area contributed by atoms with Crippen LogP contribution < -0.4 is 14.2 Å². The Labute approximate surface area is 193 Å². The van der Waals surface area contributed by atoms with Crippen molar-refractivity contribution >= 4 is 5.91 Å². The van der Waals surface area contributed by atoms with Gasteiger partial charge in [0.2, 0.25) is 0 Å². The Kier molecular flexibility index (Phi) is 6.54. The lowest BCUT2D eigenvalue weighted by atomic mass is 9.91. The van der Waals surface area contributed by atoms with Gasteiger partial charge in [0.05, 0.1) is 20.3 Å². The first-order valence-electron chi connectivity index (χ1n) is 10.9. The average molecular weight is 450 g/mol. The van der Waals surface area contributed by atoms with Crippen molar-refractivity contribution in [1.29, 1.82) is 0 Å². The van der Waals surface area contributed by atoms with Crippen LogP contribution >= 0.6 is 0 Å². The number of amides is 1. The van der Waals surface area contributed by atoms with Crippen molar-refractivity contribution in [2.45, 2.75) is 26.3 Å². The van der Waals surface area contributed by atoms with E-state index in [0.717, 1.165) is 22.3 Å². The Bertz CT molecular complexity index is 1160. The molecule has 33 heavy (non-hydrogen) atoms. The summed E-state index contributed by atoms with van der Waals surface area (Å²) in [4.78, 5) is 15.4. The smallest absolute Gasteiger partial charge is 0.254 e. The highest BCUT2D eigenvalue weighted by Crippen LogP contribution is 2.39. The van der Waals surface area contributed by atoms with Crippen LogP contribution in [0.2, 0.25) is 0 Å². The van der Waals surface area contributed by atoms with E-state index < -0.39 is 0 Å². The fourth-order valence-corrected chi connectivity index (χ4v) is 4.20. The molecule has 0 saturated carbocycles. The maximum Gasteiger partial charge on any atom is 0.254 e. The SMILES string of the molecule is COc1cc2c(cc1OC)C(COc1ccc(F)cc1)N(C(=O)c1ccc(C)c(C)c1)CC2. The number of rotatable bonds is 6. The van der Waals surface area contributed by atoms with Gasteiger partial charge in [-0.1, -0.05) is 6.07 Å². The van der Waals surface area contributed by atoms with Gasteiger partial charge < -0.3 is 19.1 Å². The Hall–Kier alpha value is -3.54. The lowest BCUT2D eigenvalue weighted by molar-refractivity contribution is 0.0589. The lowest BCUT2D eigenvalue weighted by Gasteiger charge is -2.37.